The van der Waals surface area contributed by atoms with Gasteiger partial charge < -0.3 is 15.0 Å². The van der Waals surface area contributed by atoms with Crippen molar-refractivity contribution < 1.29 is 31.5 Å². The van der Waals surface area contributed by atoms with Gasteiger partial charge in [0.15, 0.2) is 6.61 Å². The lowest BCUT2D eigenvalue weighted by atomic mass is 10.1. The van der Waals surface area contributed by atoms with Gasteiger partial charge in [0.05, 0.1) is 4.90 Å². The van der Waals surface area contributed by atoms with E-state index in [-0.39, 0.29) is 29.4 Å². The van der Waals surface area contributed by atoms with Crippen LogP contribution in [0.1, 0.15) is 18.1 Å². The van der Waals surface area contributed by atoms with E-state index in [0.29, 0.717) is 5.56 Å². The van der Waals surface area contributed by atoms with Gasteiger partial charge in [0.25, 0.3) is 15.9 Å². The van der Waals surface area contributed by atoms with E-state index >= 15 is 0 Å². The van der Waals surface area contributed by atoms with Gasteiger partial charge in [-0.1, -0.05) is 12.1 Å². The lowest BCUT2D eigenvalue weighted by molar-refractivity contribution is -0.142. The van der Waals surface area contributed by atoms with Crippen LogP contribution in [-0.2, 0) is 32.7 Å². The van der Waals surface area contributed by atoms with Crippen molar-refractivity contribution >= 4 is 27.5 Å². The van der Waals surface area contributed by atoms with Crippen LogP contribution < -0.4 is 14.8 Å². The average molecular weight is 595 g/mol. The third-order valence-corrected chi connectivity index (χ3v) is 7.64. The van der Waals surface area contributed by atoms with E-state index in [9.17, 15) is 26.8 Å². The molecule has 1 unspecified atom stereocenters. The summed E-state index contributed by atoms with van der Waals surface area (Å²) >= 11 is 0. The number of carbonyl (C=O) groups excluding carboxylic acids is 2. The molecule has 2 N–H and O–H groups in total. The maximum absolute atomic E-state index is 13.4. The van der Waals surface area contributed by atoms with Crippen LogP contribution in [0.15, 0.2) is 102 Å². The number of pyridine rings is 1. The number of halogens is 2. The predicted octanol–water partition coefficient (Wildman–Crippen LogP) is 4.27. The Kier molecular flexibility index (Phi) is 9.81. The van der Waals surface area contributed by atoms with Crippen molar-refractivity contribution in [1.82, 2.24) is 15.2 Å². The van der Waals surface area contributed by atoms with Crippen LogP contribution >= 0.6 is 0 Å². The average Bonchev–Trinajstić information content (AvgIpc) is 3.00. The lowest BCUT2D eigenvalue weighted by Crippen LogP contribution is -2.48. The Morgan fingerprint density at radius 3 is 2.07 bits per heavy atom. The number of rotatable bonds is 12. The number of sulfonamides is 1. The zero-order chi connectivity index (χ0) is 30.1. The molecule has 1 atom stereocenters. The fourth-order valence-corrected chi connectivity index (χ4v) is 4.94. The molecule has 2 amide bonds. The smallest absolute Gasteiger partial charge is 0.261 e. The van der Waals surface area contributed by atoms with E-state index in [2.05, 4.69) is 15.0 Å². The molecule has 4 rings (SSSR count). The van der Waals surface area contributed by atoms with Gasteiger partial charge in [0.2, 0.25) is 5.91 Å². The second-order valence-corrected chi connectivity index (χ2v) is 11.0. The van der Waals surface area contributed by atoms with Gasteiger partial charge in [-0.05, 0) is 90.8 Å². The van der Waals surface area contributed by atoms with E-state index in [4.69, 9.17) is 4.74 Å². The van der Waals surface area contributed by atoms with Crippen molar-refractivity contribution in [2.24, 2.45) is 0 Å². The Morgan fingerprint density at radius 2 is 1.45 bits per heavy atom. The van der Waals surface area contributed by atoms with Gasteiger partial charge >= 0.3 is 0 Å². The normalized spacial score (nSPS) is 11.8. The highest BCUT2D eigenvalue weighted by atomic mass is 32.2. The monoisotopic (exact) mass is 594 g/mol. The number of hydrogen-bond donors (Lipinski definition) is 2. The van der Waals surface area contributed by atoms with Crippen LogP contribution in [0.2, 0.25) is 0 Å². The van der Waals surface area contributed by atoms with Crippen molar-refractivity contribution in [2.45, 2.75) is 31.0 Å². The second-order valence-electron chi connectivity index (χ2n) is 9.27. The van der Waals surface area contributed by atoms with Gasteiger partial charge in [-0.3, -0.25) is 19.3 Å². The SMILES string of the molecule is CC(C(=O)NCc1ccncc1)N(Cc1ccc(F)cc1)C(=O)COc1ccc(S(=O)(=O)Nc2ccc(F)cc2)cc1. The molecule has 0 saturated carbocycles. The summed E-state index contributed by atoms with van der Waals surface area (Å²) in [4.78, 5) is 31.4. The highest BCUT2D eigenvalue weighted by Crippen LogP contribution is 2.20. The first-order valence-electron chi connectivity index (χ1n) is 12.8. The molecule has 4 aromatic rings. The Morgan fingerprint density at radius 1 is 0.857 bits per heavy atom. The minimum Gasteiger partial charge on any atom is -0.484 e. The maximum atomic E-state index is 13.4. The summed E-state index contributed by atoms with van der Waals surface area (Å²) in [7, 11) is -3.95. The van der Waals surface area contributed by atoms with Gasteiger partial charge in [-0.15, -0.1) is 0 Å². The molecule has 0 aliphatic carbocycles. The molecule has 12 heteroatoms. The number of nitrogens with one attached hydrogen (secondary N) is 2. The molecular weight excluding hydrogens is 566 g/mol. The maximum Gasteiger partial charge on any atom is 0.261 e. The standard InChI is InChI=1S/C30H28F2N4O5S/c1-21(30(38)34-18-22-14-16-33-17-15-22)36(19-23-2-4-24(31)5-3-23)29(37)20-41-27-10-12-28(13-11-27)42(39,40)35-26-8-6-25(32)7-9-26/h2-17,21,35H,18-20H2,1H3,(H,34,38). The van der Waals surface area contributed by atoms with E-state index in [1.807, 2.05) is 0 Å². The molecule has 0 aliphatic heterocycles. The van der Waals surface area contributed by atoms with E-state index in [1.165, 1.54) is 65.6 Å². The highest BCUT2D eigenvalue weighted by Gasteiger charge is 2.26. The molecule has 1 aromatic heterocycles. The topological polar surface area (TPSA) is 118 Å². The van der Waals surface area contributed by atoms with Crippen LogP contribution in [0.5, 0.6) is 5.75 Å². The van der Waals surface area contributed by atoms with Crippen molar-refractivity contribution in [2.75, 3.05) is 11.3 Å². The van der Waals surface area contributed by atoms with Crippen molar-refractivity contribution in [1.29, 1.82) is 0 Å². The first kappa shape index (κ1) is 30.1. The van der Waals surface area contributed by atoms with Crippen LogP contribution in [0, 0.1) is 11.6 Å². The molecule has 0 bridgehead atoms. The summed E-state index contributed by atoms with van der Waals surface area (Å²) < 4.78 is 59.9. The number of nitrogens with zero attached hydrogens (tertiary/aromatic N) is 2. The number of carbonyl (C=O) groups is 2. The van der Waals surface area contributed by atoms with Crippen LogP contribution in [0.3, 0.4) is 0 Å². The zero-order valence-corrected chi connectivity index (χ0v) is 23.4. The zero-order valence-electron chi connectivity index (χ0n) is 22.5. The highest BCUT2D eigenvalue weighted by molar-refractivity contribution is 7.92. The van der Waals surface area contributed by atoms with E-state index in [1.54, 1.807) is 31.5 Å². The predicted molar refractivity (Wildman–Crippen MR) is 152 cm³/mol. The molecule has 218 valence electrons. The molecule has 0 saturated heterocycles. The minimum absolute atomic E-state index is 0.0263. The van der Waals surface area contributed by atoms with Gasteiger partial charge in [-0.2, -0.15) is 0 Å². The molecule has 42 heavy (non-hydrogen) atoms. The molecule has 0 radical (unpaired) electrons. The Bertz CT molecular complexity index is 1600. The Balaban J connectivity index is 1.41. The van der Waals surface area contributed by atoms with Crippen LogP contribution in [-0.4, -0.2) is 42.8 Å². The largest absolute Gasteiger partial charge is 0.484 e. The number of aromatic nitrogens is 1. The fourth-order valence-electron chi connectivity index (χ4n) is 3.88. The van der Waals surface area contributed by atoms with Crippen LogP contribution in [0.25, 0.3) is 0 Å². The summed E-state index contributed by atoms with van der Waals surface area (Å²) in [5, 5.41) is 2.80. The number of benzene rings is 3. The van der Waals surface area contributed by atoms with Crippen molar-refractivity contribution in [3.05, 3.63) is 120 Å². The van der Waals surface area contributed by atoms with Crippen molar-refractivity contribution in [3.8, 4) is 5.75 Å². The third kappa shape index (κ3) is 8.33. The number of anilines is 1. The minimum atomic E-state index is -3.95. The number of amides is 2. The molecule has 1 heterocycles. The van der Waals surface area contributed by atoms with Crippen molar-refractivity contribution in [3.63, 3.8) is 0 Å². The molecule has 0 spiro atoms. The summed E-state index contributed by atoms with van der Waals surface area (Å²) in [5.41, 5.74) is 1.65. The van der Waals surface area contributed by atoms with Crippen LogP contribution in [0.4, 0.5) is 14.5 Å². The third-order valence-electron chi connectivity index (χ3n) is 6.24. The molecule has 9 nitrogen and oxygen atoms in total. The summed E-state index contributed by atoms with van der Waals surface area (Å²) in [6.45, 7) is 1.41. The quantitative estimate of drug-likeness (QED) is 0.253. The molecule has 0 aliphatic rings. The summed E-state index contributed by atoms with van der Waals surface area (Å²) in [6.07, 6.45) is 3.22. The van der Waals surface area contributed by atoms with E-state index < -0.39 is 46.1 Å². The van der Waals surface area contributed by atoms with Gasteiger partial charge in [0.1, 0.15) is 23.4 Å². The number of ether oxygens (including phenoxy) is 1. The first-order valence-corrected chi connectivity index (χ1v) is 14.3. The number of hydrogen-bond acceptors (Lipinski definition) is 6. The molecule has 3 aromatic carbocycles. The van der Waals surface area contributed by atoms with E-state index in [0.717, 1.165) is 17.7 Å². The lowest BCUT2D eigenvalue weighted by Gasteiger charge is -2.28. The first-order chi connectivity index (χ1) is 20.1. The van der Waals surface area contributed by atoms with Gasteiger partial charge in [0, 0.05) is 31.2 Å². The Labute approximate surface area is 242 Å². The fraction of sp³-hybridized carbons (Fsp3) is 0.167. The molecular formula is C30H28F2N4O5S. The molecule has 0 fully saturated rings. The summed E-state index contributed by atoms with van der Waals surface area (Å²) in [6, 6.07) is 18.5. The Hall–Kier alpha value is -4.84. The summed E-state index contributed by atoms with van der Waals surface area (Å²) in [5.74, 6) is -1.61. The van der Waals surface area contributed by atoms with Gasteiger partial charge in [-0.25, -0.2) is 17.2 Å². The second kappa shape index (κ2) is 13.7.